The molecule has 6 nitrogen and oxygen atoms in total. The Labute approximate surface area is 157 Å². The van der Waals surface area contributed by atoms with E-state index in [-0.39, 0.29) is 11.3 Å². The fourth-order valence-electron chi connectivity index (χ4n) is 4.49. The average molecular weight is 372 g/mol. The second kappa shape index (κ2) is 6.16. The van der Waals surface area contributed by atoms with E-state index in [1.54, 1.807) is 11.3 Å². The molecule has 0 atom stereocenters. The molecule has 4 heterocycles. The Hall–Kier alpha value is -1.73. The van der Waals surface area contributed by atoms with Gasteiger partial charge in [0.05, 0.1) is 17.8 Å². The number of hydrogen-bond acceptors (Lipinski definition) is 5. The molecule has 1 aliphatic carbocycles. The third-order valence-corrected chi connectivity index (χ3v) is 6.94. The first-order valence-electron chi connectivity index (χ1n) is 9.57. The minimum absolute atomic E-state index is 0.0200. The lowest BCUT2D eigenvalue weighted by Crippen LogP contribution is -2.53. The smallest absolute Gasteiger partial charge is 0.257 e. The van der Waals surface area contributed by atoms with Gasteiger partial charge in [-0.2, -0.15) is 5.10 Å². The Morgan fingerprint density at radius 1 is 1.31 bits per heavy atom. The van der Waals surface area contributed by atoms with Crippen LogP contribution in [-0.2, 0) is 18.5 Å². The SMILES string of the molecule is CN1CC2(CCN(Cc3nccs3)CC2)c2nn(CC3CC3)cc2C1=O. The molecule has 138 valence electrons. The van der Waals surface area contributed by atoms with Gasteiger partial charge in [0, 0.05) is 43.3 Å². The first kappa shape index (κ1) is 16.4. The Bertz CT molecular complexity index is 802. The fourth-order valence-corrected chi connectivity index (χ4v) is 5.15. The van der Waals surface area contributed by atoms with Crippen molar-refractivity contribution in [3.8, 4) is 0 Å². The van der Waals surface area contributed by atoms with E-state index < -0.39 is 0 Å². The molecular formula is C19H25N5OS. The third kappa shape index (κ3) is 2.87. The van der Waals surface area contributed by atoms with Crippen LogP contribution in [0.25, 0.3) is 0 Å². The monoisotopic (exact) mass is 371 g/mol. The number of thiazole rings is 1. The van der Waals surface area contributed by atoms with E-state index in [4.69, 9.17) is 5.10 Å². The lowest BCUT2D eigenvalue weighted by atomic mass is 9.72. The van der Waals surface area contributed by atoms with Crippen LogP contribution in [0.2, 0.25) is 0 Å². The lowest BCUT2D eigenvalue weighted by molar-refractivity contribution is 0.0628. The molecule has 0 aromatic carbocycles. The van der Waals surface area contributed by atoms with Crippen LogP contribution in [0.1, 0.15) is 46.7 Å². The van der Waals surface area contributed by atoms with Crippen LogP contribution in [0.15, 0.2) is 17.8 Å². The summed E-state index contributed by atoms with van der Waals surface area (Å²) in [5.41, 5.74) is 1.93. The summed E-state index contributed by atoms with van der Waals surface area (Å²) in [7, 11) is 1.94. The summed E-state index contributed by atoms with van der Waals surface area (Å²) in [6.45, 7) is 4.78. The first-order chi connectivity index (χ1) is 12.6. The predicted octanol–water partition coefficient (Wildman–Crippen LogP) is 2.37. The summed E-state index contributed by atoms with van der Waals surface area (Å²) in [4.78, 5) is 21.5. The summed E-state index contributed by atoms with van der Waals surface area (Å²) < 4.78 is 2.04. The predicted molar refractivity (Wildman–Crippen MR) is 100 cm³/mol. The number of rotatable bonds is 4. The van der Waals surface area contributed by atoms with Gasteiger partial charge in [-0.1, -0.05) is 0 Å². The molecule has 2 aromatic heterocycles. The second-order valence-electron chi connectivity index (χ2n) is 8.20. The molecular weight excluding hydrogens is 346 g/mol. The lowest BCUT2D eigenvalue weighted by Gasteiger charge is -2.45. The van der Waals surface area contributed by atoms with Gasteiger partial charge in [-0.05, 0) is 44.7 Å². The van der Waals surface area contributed by atoms with Crippen LogP contribution in [-0.4, -0.2) is 57.2 Å². The number of carbonyl (C=O) groups excluding carboxylic acids is 1. The average Bonchev–Trinajstić information content (AvgIpc) is 3.11. The van der Waals surface area contributed by atoms with E-state index in [9.17, 15) is 4.79 Å². The highest BCUT2D eigenvalue weighted by molar-refractivity contribution is 7.09. The summed E-state index contributed by atoms with van der Waals surface area (Å²) in [5, 5.41) is 8.16. The van der Waals surface area contributed by atoms with Gasteiger partial charge in [0.25, 0.3) is 5.91 Å². The largest absolute Gasteiger partial charge is 0.341 e. The van der Waals surface area contributed by atoms with Gasteiger partial charge in [-0.25, -0.2) is 4.98 Å². The van der Waals surface area contributed by atoms with Crippen LogP contribution in [0.5, 0.6) is 0 Å². The standard InChI is InChI=1S/C19H25N5OS/c1-22-13-19(4-7-23(8-5-19)12-16-20-6-9-26-16)17-15(18(22)25)11-24(21-17)10-14-2-3-14/h6,9,11,14H,2-5,7-8,10,12-13H2,1H3. The maximum absolute atomic E-state index is 12.7. The van der Waals surface area contributed by atoms with E-state index in [0.717, 1.165) is 62.7 Å². The number of hydrogen-bond donors (Lipinski definition) is 0. The number of nitrogens with zero attached hydrogens (tertiary/aromatic N) is 5. The van der Waals surface area contributed by atoms with Crippen molar-refractivity contribution in [2.24, 2.45) is 5.92 Å². The van der Waals surface area contributed by atoms with Gasteiger partial charge >= 0.3 is 0 Å². The van der Waals surface area contributed by atoms with Crippen molar-refractivity contribution in [3.63, 3.8) is 0 Å². The number of carbonyl (C=O) groups is 1. The van der Waals surface area contributed by atoms with Crippen molar-refractivity contribution < 1.29 is 4.79 Å². The normalized spacial score (nSPS) is 22.8. The van der Waals surface area contributed by atoms with Crippen molar-refractivity contribution in [1.29, 1.82) is 0 Å². The number of aromatic nitrogens is 3. The Morgan fingerprint density at radius 3 is 2.81 bits per heavy atom. The van der Waals surface area contributed by atoms with Gasteiger partial charge < -0.3 is 4.90 Å². The molecule has 2 aromatic rings. The number of amides is 1. The molecule has 7 heteroatoms. The van der Waals surface area contributed by atoms with Crippen LogP contribution in [0.4, 0.5) is 0 Å². The number of piperidine rings is 1. The molecule has 0 radical (unpaired) electrons. The van der Waals surface area contributed by atoms with Crippen molar-refractivity contribution in [3.05, 3.63) is 34.0 Å². The van der Waals surface area contributed by atoms with Crippen molar-refractivity contribution in [2.45, 2.75) is 44.2 Å². The van der Waals surface area contributed by atoms with E-state index >= 15 is 0 Å². The second-order valence-corrected chi connectivity index (χ2v) is 9.18. The van der Waals surface area contributed by atoms with Crippen LogP contribution in [0, 0.1) is 5.92 Å². The minimum Gasteiger partial charge on any atom is -0.341 e. The van der Waals surface area contributed by atoms with E-state index in [1.165, 1.54) is 17.8 Å². The quantitative estimate of drug-likeness (QED) is 0.828. The highest BCUT2D eigenvalue weighted by Gasteiger charge is 2.46. The zero-order valence-corrected chi connectivity index (χ0v) is 16.0. The molecule has 0 N–H and O–H groups in total. The number of likely N-dealkylation sites (tertiary alicyclic amines) is 1. The molecule has 1 amide bonds. The van der Waals surface area contributed by atoms with Crippen LogP contribution < -0.4 is 0 Å². The summed E-state index contributed by atoms with van der Waals surface area (Å²) >= 11 is 1.73. The third-order valence-electron chi connectivity index (χ3n) is 6.18. The molecule has 1 spiro atoms. The van der Waals surface area contributed by atoms with Crippen LogP contribution >= 0.6 is 11.3 Å². The minimum atomic E-state index is 0.0200. The summed E-state index contributed by atoms with van der Waals surface area (Å²) in [6.07, 6.45) is 8.61. The summed E-state index contributed by atoms with van der Waals surface area (Å²) in [5.74, 6) is 0.901. The maximum Gasteiger partial charge on any atom is 0.257 e. The zero-order valence-electron chi connectivity index (χ0n) is 15.2. The van der Waals surface area contributed by atoms with Crippen molar-refractivity contribution in [1.82, 2.24) is 24.6 Å². The number of likely N-dealkylation sites (N-methyl/N-ethyl adjacent to an activating group) is 1. The number of fused-ring (bicyclic) bond motifs is 2. The molecule has 5 rings (SSSR count). The molecule has 0 unspecified atom stereocenters. The van der Waals surface area contributed by atoms with Gasteiger partial charge in [-0.15, -0.1) is 11.3 Å². The highest BCUT2D eigenvalue weighted by atomic mass is 32.1. The molecule has 0 bridgehead atoms. The van der Waals surface area contributed by atoms with Gasteiger partial charge in [0.1, 0.15) is 5.01 Å². The first-order valence-corrected chi connectivity index (χ1v) is 10.5. The Kier molecular flexibility index (Phi) is 3.90. The molecule has 3 aliphatic rings. The molecule has 1 saturated carbocycles. The highest BCUT2D eigenvalue weighted by Crippen LogP contribution is 2.41. The van der Waals surface area contributed by atoms with Gasteiger partial charge in [-0.3, -0.25) is 14.4 Å². The van der Waals surface area contributed by atoms with E-state index in [1.807, 2.05) is 34.4 Å². The summed E-state index contributed by atoms with van der Waals surface area (Å²) in [6, 6.07) is 0. The van der Waals surface area contributed by atoms with E-state index in [2.05, 4.69) is 9.88 Å². The molecule has 2 fully saturated rings. The van der Waals surface area contributed by atoms with Crippen molar-refractivity contribution >= 4 is 17.2 Å². The van der Waals surface area contributed by atoms with Gasteiger partial charge in [0.2, 0.25) is 0 Å². The van der Waals surface area contributed by atoms with Gasteiger partial charge in [0.15, 0.2) is 0 Å². The maximum atomic E-state index is 12.7. The zero-order chi connectivity index (χ0) is 17.7. The molecule has 26 heavy (non-hydrogen) atoms. The molecule has 1 saturated heterocycles. The van der Waals surface area contributed by atoms with E-state index in [0.29, 0.717) is 0 Å². The fraction of sp³-hybridized carbons (Fsp3) is 0.632. The van der Waals surface area contributed by atoms with Crippen LogP contribution in [0.3, 0.4) is 0 Å². The Morgan fingerprint density at radius 2 is 2.12 bits per heavy atom. The van der Waals surface area contributed by atoms with Crippen molar-refractivity contribution in [2.75, 3.05) is 26.7 Å². The molecule has 2 aliphatic heterocycles. The Balaban J connectivity index is 1.38. The topological polar surface area (TPSA) is 54.3 Å².